The smallest absolute Gasteiger partial charge is 0.311 e. The average Bonchev–Trinajstić information content (AvgIpc) is 3.10. The fourth-order valence-electron chi connectivity index (χ4n) is 3.20. The molecule has 1 N–H and O–H groups in total. The number of carbonyl (C=O) groups is 1. The lowest BCUT2D eigenvalue weighted by molar-refractivity contribution is -0.139. The van der Waals surface area contributed by atoms with E-state index in [9.17, 15) is 14.0 Å². The van der Waals surface area contributed by atoms with Crippen molar-refractivity contribution >= 4 is 11.7 Å². The zero-order valence-corrected chi connectivity index (χ0v) is 17.6. The van der Waals surface area contributed by atoms with Crippen molar-refractivity contribution in [1.29, 1.82) is 0 Å². The summed E-state index contributed by atoms with van der Waals surface area (Å²) in [6.07, 6.45) is 0.574. The lowest BCUT2D eigenvalue weighted by Crippen LogP contribution is -2.20. The van der Waals surface area contributed by atoms with E-state index < -0.39 is 11.8 Å². The van der Waals surface area contributed by atoms with Crippen LogP contribution in [-0.4, -0.2) is 42.2 Å². The molecule has 0 saturated carbocycles. The summed E-state index contributed by atoms with van der Waals surface area (Å²) in [5.74, 6) is -0.112. The fourth-order valence-corrected chi connectivity index (χ4v) is 3.20. The number of carbonyl (C=O) groups excluding carboxylic acids is 1. The number of rotatable bonds is 8. The number of hydrogen-bond donors (Lipinski definition) is 1. The van der Waals surface area contributed by atoms with Crippen LogP contribution in [0.25, 0.3) is 5.69 Å². The first-order valence-corrected chi connectivity index (χ1v) is 9.74. The Morgan fingerprint density at radius 2 is 1.77 bits per heavy atom. The molecule has 0 unspecified atom stereocenters. The van der Waals surface area contributed by atoms with Gasteiger partial charge in [-0.2, -0.15) is 0 Å². The number of esters is 1. The molecular weight excluding hydrogens is 401 g/mol. The number of H-pyrrole nitrogens is 1. The molecule has 1 aromatic heterocycles. The minimum Gasteiger partial charge on any atom is -0.497 e. The van der Waals surface area contributed by atoms with E-state index in [1.165, 1.54) is 36.1 Å². The second kappa shape index (κ2) is 9.88. The number of methoxy groups -OCH3 is 2. The predicted octanol–water partition coefficient (Wildman–Crippen LogP) is 3.08. The Hall–Kier alpha value is -3.68. The SMILES string of the molecule is COC(=O)Cc1[nH]n(-c2ccc(F)cc2)c(=O)c1C(C)=NCCc1ccc(OC)cc1. The van der Waals surface area contributed by atoms with Crippen LogP contribution in [-0.2, 0) is 22.4 Å². The van der Waals surface area contributed by atoms with Gasteiger partial charge in [0.05, 0.1) is 37.6 Å². The number of nitrogens with one attached hydrogen (secondary N) is 1. The molecular formula is C23H24FN3O4. The summed E-state index contributed by atoms with van der Waals surface area (Å²) in [5.41, 5.74) is 2.39. The van der Waals surface area contributed by atoms with E-state index in [2.05, 4.69) is 10.1 Å². The van der Waals surface area contributed by atoms with Crippen molar-refractivity contribution in [2.24, 2.45) is 4.99 Å². The Kier molecular flexibility index (Phi) is 7.02. The zero-order chi connectivity index (χ0) is 22.4. The zero-order valence-electron chi connectivity index (χ0n) is 17.6. The second-order valence-electron chi connectivity index (χ2n) is 6.90. The van der Waals surface area contributed by atoms with Crippen molar-refractivity contribution < 1.29 is 18.7 Å². The minimum absolute atomic E-state index is 0.111. The van der Waals surface area contributed by atoms with Gasteiger partial charge in [0.1, 0.15) is 11.6 Å². The van der Waals surface area contributed by atoms with Gasteiger partial charge in [-0.1, -0.05) is 12.1 Å². The lowest BCUT2D eigenvalue weighted by Gasteiger charge is -2.03. The third kappa shape index (κ3) is 5.28. The number of aliphatic imine (C=N–C) groups is 1. The van der Waals surface area contributed by atoms with Gasteiger partial charge in [0.15, 0.2) is 0 Å². The van der Waals surface area contributed by atoms with Crippen LogP contribution in [0.5, 0.6) is 5.75 Å². The van der Waals surface area contributed by atoms with Crippen LogP contribution >= 0.6 is 0 Å². The molecule has 0 aliphatic carbocycles. The number of nitrogens with zero attached hydrogens (tertiary/aromatic N) is 2. The van der Waals surface area contributed by atoms with Gasteiger partial charge in [0.2, 0.25) is 0 Å². The molecule has 162 valence electrons. The summed E-state index contributed by atoms with van der Waals surface area (Å²) in [6.45, 7) is 2.20. The fraction of sp³-hybridized carbons (Fsp3) is 0.261. The molecule has 2 aromatic carbocycles. The van der Waals surface area contributed by atoms with E-state index in [-0.39, 0.29) is 12.0 Å². The molecule has 0 aliphatic heterocycles. The number of aromatic nitrogens is 2. The second-order valence-corrected chi connectivity index (χ2v) is 6.90. The minimum atomic E-state index is -0.486. The normalized spacial score (nSPS) is 11.4. The molecule has 31 heavy (non-hydrogen) atoms. The number of hydrogen-bond acceptors (Lipinski definition) is 5. The maximum atomic E-state index is 13.3. The van der Waals surface area contributed by atoms with Crippen LogP contribution in [0.1, 0.15) is 23.7 Å². The maximum Gasteiger partial charge on any atom is 0.311 e. The summed E-state index contributed by atoms with van der Waals surface area (Å²) in [7, 11) is 2.90. The van der Waals surface area contributed by atoms with Gasteiger partial charge in [0, 0.05) is 12.3 Å². The number of benzene rings is 2. The largest absolute Gasteiger partial charge is 0.497 e. The van der Waals surface area contributed by atoms with E-state index >= 15 is 0 Å². The third-order valence-corrected chi connectivity index (χ3v) is 4.87. The summed E-state index contributed by atoms with van der Waals surface area (Å²) >= 11 is 0. The van der Waals surface area contributed by atoms with Crippen molar-refractivity contribution in [2.45, 2.75) is 19.8 Å². The number of ether oxygens (including phenoxy) is 2. The summed E-state index contributed by atoms with van der Waals surface area (Å²) in [5, 5.41) is 2.94. The summed E-state index contributed by atoms with van der Waals surface area (Å²) < 4.78 is 24.4. The van der Waals surface area contributed by atoms with Crippen LogP contribution in [0.3, 0.4) is 0 Å². The van der Waals surface area contributed by atoms with E-state index in [0.29, 0.717) is 35.6 Å². The van der Waals surface area contributed by atoms with Crippen LogP contribution in [0, 0.1) is 5.82 Å². The number of aromatic amines is 1. The molecule has 0 saturated heterocycles. The Balaban J connectivity index is 1.89. The molecule has 0 radical (unpaired) electrons. The third-order valence-electron chi connectivity index (χ3n) is 4.87. The molecule has 0 amide bonds. The first-order chi connectivity index (χ1) is 14.9. The van der Waals surface area contributed by atoms with E-state index in [0.717, 1.165) is 11.3 Å². The molecule has 1 heterocycles. The van der Waals surface area contributed by atoms with Crippen LogP contribution in [0.4, 0.5) is 4.39 Å². The van der Waals surface area contributed by atoms with Crippen molar-refractivity contribution in [3.63, 3.8) is 0 Å². The first-order valence-electron chi connectivity index (χ1n) is 9.74. The highest BCUT2D eigenvalue weighted by Gasteiger charge is 2.20. The predicted molar refractivity (Wildman–Crippen MR) is 116 cm³/mol. The van der Waals surface area contributed by atoms with Gasteiger partial charge in [0.25, 0.3) is 5.56 Å². The van der Waals surface area contributed by atoms with Crippen LogP contribution in [0.15, 0.2) is 58.3 Å². The Morgan fingerprint density at radius 1 is 1.10 bits per heavy atom. The molecule has 0 aliphatic rings. The standard InChI is InChI=1S/C23H24FN3O4/c1-15(25-13-12-16-4-10-19(30-2)11-5-16)22-20(14-21(28)31-3)26-27(23(22)29)18-8-6-17(24)7-9-18/h4-11,26H,12-14H2,1-3H3. The monoisotopic (exact) mass is 425 g/mol. The molecule has 0 spiro atoms. The molecule has 7 nitrogen and oxygen atoms in total. The van der Waals surface area contributed by atoms with Crippen LogP contribution < -0.4 is 10.3 Å². The van der Waals surface area contributed by atoms with Gasteiger partial charge in [-0.3, -0.25) is 19.7 Å². The van der Waals surface area contributed by atoms with Crippen molar-refractivity contribution in [1.82, 2.24) is 9.78 Å². The van der Waals surface area contributed by atoms with Gasteiger partial charge >= 0.3 is 5.97 Å². The highest BCUT2D eigenvalue weighted by molar-refractivity contribution is 6.00. The Labute approximate surface area is 179 Å². The average molecular weight is 425 g/mol. The highest BCUT2D eigenvalue weighted by Crippen LogP contribution is 2.13. The van der Waals surface area contributed by atoms with E-state index in [1.54, 1.807) is 14.0 Å². The van der Waals surface area contributed by atoms with Gasteiger partial charge in [-0.25, -0.2) is 9.07 Å². The molecule has 3 aromatic rings. The molecule has 0 bridgehead atoms. The van der Waals surface area contributed by atoms with Gasteiger partial charge in [-0.15, -0.1) is 0 Å². The Bertz CT molecular complexity index is 1130. The molecule has 8 heteroatoms. The molecule has 0 atom stereocenters. The topological polar surface area (TPSA) is 85.7 Å². The van der Waals surface area contributed by atoms with Crippen molar-refractivity contribution in [3.05, 3.63) is 81.5 Å². The highest BCUT2D eigenvalue weighted by atomic mass is 19.1. The molecule has 0 fully saturated rings. The maximum absolute atomic E-state index is 13.3. The lowest BCUT2D eigenvalue weighted by atomic mass is 10.1. The van der Waals surface area contributed by atoms with E-state index in [4.69, 9.17) is 9.47 Å². The number of halogens is 1. The summed E-state index contributed by atoms with van der Waals surface area (Å²) in [4.78, 5) is 29.5. The van der Waals surface area contributed by atoms with Gasteiger partial charge in [-0.05, 0) is 55.3 Å². The quantitative estimate of drug-likeness (QED) is 0.444. The Morgan fingerprint density at radius 3 is 2.39 bits per heavy atom. The summed E-state index contributed by atoms with van der Waals surface area (Å²) in [6, 6.07) is 13.2. The van der Waals surface area contributed by atoms with Crippen molar-refractivity contribution in [3.8, 4) is 11.4 Å². The van der Waals surface area contributed by atoms with E-state index in [1.807, 2.05) is 24.3 Å². The van der Waals surface area contributed by atoms with Gasteiger partial charge < -0.3 is 9.47 Å². The van der Waals surface area contributed by atoms with Crippen molar-refractivity contribution in [2.75, 3.05) is 20.8 Å². The van der Waals surface area contributed by atoms with Crippen LogP contribution in [0.2, 0.25) is 0 Å². The molecule has 3 rings (SSSR count). The first kappa shape index (κ1) is 22.0.